The highest BCUT2D eigenvalue weighted by Crippen LogP contribution is 2.33. The smallest absolute Gasteiger partial charge is 0.157 e. The zero-order chi connectivity index (χ0) is 11.4. The molecule has 2 N–H and O–H groups in total. The Labute approximate surface area is 96.5 Å². The molecule has 0 aromatic heterocycles. The van der Waals surface area contributed by atoms with Crippen LogP contribution in [0.4, 0.5) is 10.1 Å². The Bertz CT molecular complexity index is 323. The Morgan fingerprint density at radius 2 is 2.20 bits per heavy atom. The number of benzene rings is 1. The van der Waals surface area contributed by atoms with E-state index in [-0.39, 0.29) is 11.8 Å². The topological polar surface area (TPSA) is 44.5 Å². The first-order chi connectivity index (χ1) is 7.04. The van der Waals surface area contributed by atoms with Crippen LogP contribution in [0.3, 0.4) is 0 Å². The zero-order valence-corrected chi connectivity index (χ0v) is 10.2. The van der Waals surface area contributed by atoms with Crippen molar-refractivity contribution in [2.45, 2.75) is 13.0 Å². The Morgan fingerprint density at radius 1 is 1.53 bits per heavy atom. The SMILES string of the molecule is COCC(C)Oc1c(N)cc(F)cc1Br. The van der Waals surface area contributed by atoms with Crippen molar-refractivity contribution in [2.24, 2.45) is 0 Å². The predicted molar refractivity (Wildman–Crippen MR) is 60.5 cm³/mol. The molecule has 15 heavy (non-hydrogen) atoms. The van der Waals surface area contributed by atoms with Gasteiger partial charge < -0.3 is 15.2 Å². The van der Waals surface area contributed by atoms with Gasteiger partial charge in [0.15, 0.2) is 5.75 Å². The normalized spacial score (nSPS) is 12.5. The van der Waals surface area contributed by atoms with Crippen molar-refractivity contribution >= 4 is 21.6 Å². The van der Waals surface area contributed by atoms with Crippen LogP contribution in [0, 0.1) is 5.82 Å². The minimum absolute atomic E-state index is 0.140. The average molecular weight is 278 g/mol. The van der Waals surface area contributed by atoms with Gasteiger partial charge in [0.2, 0.25) is 0 Å². The van der Waals surface area contributed by atoms with E-state index in [2.05, 4.69) is 15.9 Å². The van der Waals surface area contributed by atoms with Crippen molar-refractivity contribution in [3.63, 3.8) is 0 Å². The summed E-state index contributed by atoms with van der Waals surface area (Å²) in [6, 6.07) is 2.53. The summed E-state index contributed by atoms with van der Waals surface area (Å²) in [6.07, 6.45) is -0.140. The highest BCUT2D eigenvalue weighted by Gasteiger charge is 2.11. The minimum Gasteiger partial charge on any atom is -0.485 e. The summed E-state index contributed by atoms with van der Waals surface area (Å²) in [5.41, 5.74) is 5.90. The molecule has 0 amide bonds. The number of rotatable bonds is 4. The van der Waals surface area contributed by atoms with E-state index >= 15 is 0 Å². The molecular weight excluding hydrogens is 265 g/mol. The molecule has 5 heteroatoms. The largest absolute Gasteiger partial charge is 0.485 e. The molecule has 3 nitrogen and oxygen atoms in total. The van der Waals surface area contributed by atoms with Crippen molar-refractivity contribution < 1.29 is 13.9 Å². The summed E-state index contributed by atoms with van der Waals surface area (Å²) >= 11 is 3.19. The Morgan fingerprint density at radius 3 is 2.73 bits per heavy atom. The lowest BCUT2D eigenvalue weighted by Gasteiger charge is -2.16. The van der Waals surface area contributed by atoms with E-state index in [9.17, 15) is 4.39 Å². The monoisotopic (exact) mass is 277 g/mol. The first-order valence-corrected chi connectivity index (χ1v) is 5.24. The molecule has 0 fully saturated rings. The van der Waals surface area contributed by atoms with E-state index in [1.807, 2.05) is 6.92 Å². The summed E-state index contributed by atoms with van der Waals surface area (Å²) in [4.78, 5) is 0. The van der Waals surface area contributed by atoms with Gasteiger partial charge in [-0.05, 0) is 28.9 Å². The molecule has 84 valence electrons. The van der Waals surface area contributed by atoms with Crippen molar-refractivity contribution in [3.8, 4) is 5.75 Å². The van der Waals surface area contributed by atoms with Crippen LogP contribution in [0.25, 0.3) is 0 Å². The number of nitrogen functional groups attached to an aromatic ring is 1. The highest BCUT2D eigenvalue weighted by atomic mass is 79.9. The quantitative estimate of drug-likeness (QED) is 0.861. The lowest BCUT2D eigenvalue weighted by molar-refractivity contribution is 0.0920. The number of methoxy groups -OCH3 is 1. The van der Waals surface area contributed by atoms with Gasteiger partial charge in [0.05, 0.1) is 16.8 Å². The number of ether oxygens (including phenoxy) is 2. The number of nitrogens with two attached hydrogens (primary N) is 1. The Hall–Kier alpha value is -0.810. The van der Waals surface area contributed by atoms with Crippen LogP contribution >= 0.6 is 15.9 Å². The van der Waals surface area contributed by atoms with Crippen molar-refractivity contribution in [1.82, 2.24) is 0 Å². The number of halogens is 2. The summed E-state index contributed by atoms with van der Waals surface area (Å²) < 4.78 is 23.8. The summed E-state index contributed by atoms with van der Waals surface area (Å²) in [6.45, 7) is 2.29. The third kappa shape index (κ3) is 3.35. The van der Waals surface area contributed by atoms with Crippen LogP contribution < -0.4 is 10.5 Å². The molecule has 0 saturated heterocycles. The van der Waals surface area contributed by atoms with Crippen LogP contribution in [0.5, 0.6) is 5.75 Å². The van der Waals surface area contributed by atoms with Gasteiger partial charge in [0.25, 0.3) is 0 Å². The molecule has 1 rings (SSSR count). The minimum atomic E-state index is -0.397. The van der Waals surface area contributed by atoms with E-state index in [4.69, 9.17) is 15.2 Å². The molecule has 1 atom stereocenters. The maximum atomic E-state index is 12.9. The fourth-order valence-electron chi connectivity index (χ4n) is 1.17. The van der Waals surface area contributed by atoms with Crippen molar-refractivity contribution in [3.05, 3.63) is 22.4 Å². The number of hydrogen-bond donors (Lipinski definition) is 1. The van der Waals surface area contributed by atoms with Crippen LogP contribution in [-0.2, 0) is 4.74 Å². The molecule has 0 aliphatic heterocycles. The zero-order valence-electron chi connectivity index (χ0n) is 8.59. The molecule has 0 saturated carbocycles. The van der Waals surface area contributed by atoms with E-state index in [1.54, 1.807) is 7.11 Å². The molecule has 1 unspecified atom stereocenters. The van der Waals surface area contributed by atoms with E-state index < -0.39 is 5.82 Å². The molecule has 0 aliphatic rings. The fraction of sp³-hybridized carbons (Fsp3) is 0.400. The maximum Gasteiger partial charge on any atom is 0.157 e. The van der Waals surface area contributed by atoms with Gasteiger partial charge in [0.1, 0.15) is 11.9 Å². The summed E-state index contributed by atoms with van der Waals surface area (Å²) in [5, 5.41) is 0. The van der Waals surface area contributed by atoms with Crippen molar-refractivity contribution in [1.29, 1.82) is 0 Å². The number of hydrogen-bond acceptors (Lipinski definition) is 3. The van der Waals surface area contributed by atoms with Gasteiger partial charge in [-0.1, -0.05) is 0 Å². The Kier molecular flexibility index (Phi) is 4.35. The molecule has 1 aromatic rings. The summed E-state index contributed by atoms with van der Waals surface area (Å²) in [5.74, 6) is 0.0482. The van der Waals surface area contributed by atoms with Gasteiger partial charge in [-0.25, -0.2) is 4.39 Å². The number of anilines is 1. The van der Waals surface area contributed by atoms with Gasteiger partial charge in [-0.2, -0.15) is 0 Å². The van der Waals surface area contributed by atoms with Gasteiger partial charge in [-0.15, -0.1) is 0 Å². The molecule has 0 bridgehead atoms. The van der Waals surface area contributed by atoms with Crippen molar-refractivity contribution in [2.75, 3.05) is 19.5 Å². The molecule has 0 heterocycles. The molecule has 1 aromatic carbocycles. The standard InChI is InChI=1S/C10H13BrFNO2/c1-6(5-14-2)15-10-8(11)3-7(12)4-9(10)13/h3-4,6H,5,13H2,1-2H3. The van der Waals surface area contributed by atoms with Gasteiger partial charge in [0, 0.05) is 13.2 Å². The van der Waals surface area contributed by atoms with Crippen LogP contribution in [-0.4, -0.2) is 19.8 Å². The average Bonchev–Trinajstić information content (AvgIpc) is 2.11. The fourth-order valence-corrected chi connectivity index (χ4v) is 1.72. The molecule has 0 spiro atoms. The van der Waals surface area contributed by atoms with Crippen LogP contribution in [0.1, 0.15) is 6.92 Å². The highest BCUT2D eigenvalue weighted by molar-refractivity contribution is 9.10. The van der Waals surface area contributed by atoms with E-state index in [1.165, 1.54) is 12.1 Å². The van der Waals surface area contributed by atoms with E-state index in [0.717, 1.165) is 0 Å². The first-order valence-electron chi connectivity index (χ1n) is 4.44. The molecule has 0 radical (unpaired) electrons. The third-order valence-corrected chi connectivity index (χ3v) is 2.35. The lowest BCUT2D eigenvalue weighted by atomic mass is 10.3. The third-order valence-electron chi connectivity index (χ3n) is 1.76. The molecular formula is C10H13BrFNO2. The lowest BCUT2D eigenvalue weighted by Crippen LogP contribution is -2.19. The van der Waals surface area contributed by atoms with Crippen LogP contribution in [0.15, 0.2) is 16.6 Å². The Balaban J connectivity index is 2.85. The summed E-state index contributed by atoms with van der Waals surface area (Å²) in [7, 11) is 1.59. The maximum absolute atomic E-state index is 12.9. The second-order valence-corrected chi connectivity index (χ2v) is 4.04. The van der Waals surface area contributed by atoms with Gasteiger partial charge >= 0.3 is 0 Å². The first kappa shape index (κ1) is 12.3. The second-order valence-electron chi connectivity index (χ2n) is 3.19. The van der Waals surface area contributed by atoms with E-state index in [0.29, 0.717) is 16.8 Å². The van der Waals surface area contributed by atoms with Gasteiger partial charge in [-0.3, -0.25) is 0 Å². The van der Waals surface area contributed by atoms with Crippen LogP contribution in [0.2, 0.25) is 0 Å². The second kappa shape index (κ2) is 5.32. The molecule has 0 aliphatic carbocycles. The predicted octanol–water partition coefficient (Wildman–Crippen LogP) is 2.58.